The van der Waals surface area contributed by atoms with E-state index in [0.717, 1.165) is 23.9 Å². The first-order valence-electron chi connectivity index (χ1n) is 6.43. The molecule has 0 radical (unpaired) electrons. The summed E-state index contributed by atoms with van der Waals surface area (Å²) >= 11 is 5.25. The second-order valence-corrected chi connectivity index (χ2v) is 6.59. The lowest BCUT2D eigenvalue weighted by Gasteiger charge is -2.28. The Hall–Kier alpha value is -0.680. The smallest absolute Gasteiger partial charge is 0.0846 e. The molecule has 0 aliphatic carbocycles. The van der Waals surface area contributed by atoms with Gasteiger partial charge in [0.2, 0.25) is 0 Å². The van der Waals surface area contributed by atoms with E-state index in [1.807, 2.05) is 0 Å². The molecule has 1 aliphatic rings. The molecule has 4 heteroatoms. The molecule has 2 nitrogen and oxygen atoms in total. The van der Waals surface area contributed by atoms with Gasteiger partial charge in [-0.25, -0.2) is 0 Å². The molecule has 2 aromatic rings. The third-order valence-corrected chi connectivity index (χ3v) is 5.54. The highest BCUT2D eigenvalue weighted by Gasteiger charge is 2.24. The SMILES string of the molecule is NC(CC1OCCc2ccccc21)c1sccc1Br. The normalized spacial score (nSPS) is 20.0. The number of hydrogen-bond acceptors (Lipinski definition) is 3. The van der Waals surface area contributed by atoms with Crippen LogP contribution in [0.2, 0.25) is 0 Å². The standard InChI is InChI=1S/C15H16BrNOS/c16-12-6-8-19-15(12)13(17)9-14-11-4-2-1-3-10(11)5-7-18-14/h1-4,6,8,13-14H,5,7,9,17H2. The quantitative estimate of drug-likeness (QED) is 0.910. The van der Waals surface area contributed by atoms with Gasteiger partial charge in [0.15, 0.2) is 0 Å². The summed E-state index contributed by atoms with van der Waals surface area (Å²) in [6, 6.07) is 10.6. The molecule has 19 heavy (non-hydrogen) atoms. The fourth-order valence-corrected chi connectivity index (χ4v) is 4.26. The third kappa shape index (κ3) is 2.77. The Morgan fingerprint density at radius 2 is 2.21 bits per heavy atom. The van der Waals surface area contributed by atoms with E-state index in [0.29, 0.717) is 0 Å². The van der Waals surface area contributed by atoms with Gasteiger partial charge < -0.3 is 10.5 Å². The summed E-state index contributed by atoms with van der Waals surface area (Å²) in [6.07, 6.45) is 1.95. The van der Waals surface area contributed by atoms with Crippen molar-refractivity contribution in [2.45, 2.75) is 25.0 Å². The van der Waals surface area contributed by atoms with E-state index in [1.54, 1.807) is 11.3 Å². The minimum absolute atomic E-state index is 0.0190. The van der Waals surface area contributed by atoms with Gasteiger partial charge in [-0.2, -0.15) is 0 Å². The van der Waals surface area contributed by atoms with Crippen LogP contribution < -0.4 is 5.73 Å². The number of ether oxygens (including phenoxy) is 1. The molecule has 1 aromatic carbocycles. The van der Waals surface area contributed by atoms with Crippen LogP contribution in [0.25, 0.3) is 0 Å². The van der Waals surface area contributed by atoms with Gasteiger partial charge in [0.05, 0.1) is 12.7 Å². The molecule has 2 atom stereocenters. The van der Waals surface area contributed by atoms with Crippen molar-refractivity contribution in [1.82, 2.24) is 0 Å². The molecule has 0 amide bonds. The van der Waals surface area contributed by atoms with Gasteiger partial charge >= 0.3 is 0 Å². The Balaban J connectivity index is 1.80. The third-order valence-electron chi connectivity index (χ3n) is 3.54. The maximum Gasteiger partial charge on any atom is 0.0846 e. The first-order valence-corrected chi connectivity index (χ1v) is 8.11. The molecule has 2 unspecified atom stereocenters. The molecule has 0 fully saturated rings. The lowest BCUT2D eigenvalue weighted by atomic mass is 9.93. The van der Waals surface area contributed by atoms with Gasteiger partial charge in [0.1, 0.15) is 0 Å². The van der Waals surface area contributed by atoms with Gasteiger partial charge in [0, 0.05) is 15.4 Å². The van der Waals surface area contributed by atoms with E-state index in [1.165, 1.54) is 16.0 Å². The van der Waals surface area contributed by atoms with Crippen molar-refractivity contribution >= 4 is 27.3 Å². The highest BCUT2D eigenvalue weighted by Crippen LogP contribution is 2.36. The minimum atomic E-state index is 0.0190. The van der Waals surface area contributed by atoms with Crippen LogP contribution in [0.15, 0.2) is 40.2 Å². The van der Waals surface area contributed by atoms with E-state index >= 15 is 0 Å². The van der Waals surface area contributed by atoms with Crippen molar-refractivity contribution in [3.8, 4) is 0 Å². The number of hydrogen-bond donors (Lipinski definition) is 1. The Bertz CT molecular complexity index is 569. The van der Waals surface area contributed by atoms with Crippen molar-refractivity contribution in [3.63, 3.8) is 0 Å². The van der Waals surface area contributed by atoms with Gasteiger partial charge in [-0.15, -0.1) is 11.3 Å². The average molecular weight is 338 g/mol. The number of benzene rings is 1. The lowest BCUT2D eigenvalue weighted by molar-refractivity contribution is 0.0321. The molecule has 1 aromatic heterocycles. The Kier molecular flexibility index (Phi) is 4.03. The van der Waals surface area contributed by atoms with Gasteiger partial charge in [0.25, 0.3) is 0 Å². The predicted octanol–water partition coefficient (Wildman–Crippen LogP) is 4.21. The lowest BCUT2D eigenvalue weighted by Crippen LogP contribution is -2.21. The summed E-state index contributed by atoms with van der Waals surface area (Å²) in [4.78, 5) is 1.20. The van der Waals surface area contributed by atoms with Gasteiger partial charge in [-0.05, 0) is 51.3 Å². The van der Waals surface area contributed by atoms with Crippen molar-refractivity contribution in [3.05, 3.63) is 56.2 Å². The summed E-state index contributed by atoms with van der Waals surface area (Å²) in [5, 5.41) is 2.06. The molecule has 3 rings (SSSR count). The molecule has 1 aliphatic heterocycles. The fraction of sp³-hybridized carbons (Fsp3) is 0.333. The number of halogens is 1. The van der Waals surface area contributed by atoms with Crippen molar-refractivity contribution in [2.75, 3.05) is 6.61 Å². The van der Waals surface area contributed by atoms with Crippen molar-refractivity contribution in [2.24, 2.45) is 5.73 Å². The molecule has 0 bridgehead atoms. The summed E-state index contributed by atoms with van der Waals surface area (Å²) in [7, 11) is 0. The summed E-state index contributed by atoms with van der Waals surface area (Å²) in [6.45, 7) is 0.792. The second kappa shape index (κ2) is 5.75. The summed E-state index contributed by atoms with van der Waals surface area (Å²) < 4.78 is 7.03. The van der Waals surface area contributed by atoms with E-state index < -0.39 is 0 Å². The second-order valence-electron chi connectivity index (χ2n) is 4.78. The number of fused-ring (bicyclic) bond motifs is 1. The summed E-state index contributed by atoms with van der Waals surface area (Å²) in [5.41, 5.74) is 9.03. The fourth-order valence-electron chi connectivity index (χ4n) is 2.58. The topological polar surface area (TPSA) is 35.2 Å². The number of nitrogens with two attached hydrogens (primary N) is 1. The molecule has 0 spiro atoms. The highest BCUT2D eigenvalue weighted by atomic mass is 79.9. The zero-order valence-electron chi connectivity index (χ0n) is 10.5. The highest BCUT2D eigenvalue weighted by molar-refractivity contribution is 9.10. The Labute approximate surface area is 125 Å². The van der Waals surface area contributed by atoms with Crippen LogP contribution in [0.5, 0.6) is 0 Å². The largest absolute Gasteiger partial charge is 0.373 e. The maximum absolute atomic E-state index is 6.33. The molecule has 0 saturated heterocycles. The van der Waals surface area contributed by atoms with E-state index in [4.69, 9.17) is 10.5 Å². The molecule has 2 N–H and O–H groups in total. The van der Waals surface area contributed by atoms with Crippen LogP contribution in [0.4, 0.5) is 0 Å². The Morgan fingerprint density at radius 3 is 3.00 bits per heavy atom. The average Bonchev–Trinajstić information content (AvgIpc) is 2.85. The maximum atomic E-state index is 6.33. The summed E-state index contributed by atoms with van der Waals surface area (Å²) in [5.74, 6) is 0. The zero-order valence-corrected chi connectivity index (χ0v) is 12.9. The first kappa shape index (κ1) is 13.3. The predicted molar refractivity (Wildman–Crippen MR) is 82.4 cm³/mol. The molecule has 2 heterocycles. The van der Waals surface area contributed by atoms with Crippen molar-refractivity contribution in [1.29, 1.82) is 0 Å². The monoisotopic (exact) mass is 337 g/mol. The van der Waals surface area contributed by atoms with E-state index in [9.17, 15) is 0 Å². The number of rotatable bonds is 3. The van der Waals surface area contributed by atoms with Crippen LogP contribution in [-0.4, -0.2) is 6.61 Å². The molecular weight excluding hydrogens is 322 g/mol. The van der Waals surface area contributed by atoms with Crippen LogP contribution in [0.1, 0.15) is 34.6 Å². The van der Waals surface area contributed by atoms with Gasteiger partial charge in [-0.3, -0.25) is 0 Å². The van der Waals surface area contributed by atoms with E-state index in [2.05, 4.69) is 51.6 Å². The minimum Gasteiger partial charge on any atom is -0.373 e. The van der Waals surface area contributed by atoms with Crippen LogP contribution >= 0.6 is 27.3 Å². The van der Waals surface area contributed by atoms with Crippen LogP contribution in [0.3, 0.4) is 0 Å². The first-order chi connectivity index (χ1) is 9.25. The zero-order chi connectivity index (χ0) is 13.2. The van der Waals surface area contributed by atoms with E-state index in [-0.39, 0.29) is 12.1 Å². The molecule has 0 saturated carbocycles. The Morgan fingerprint density at radius 1 is 1.37 bits per heavy atom. The van der Waals surface area contributed by atoms with Gasteiger partial charge in [-0.1, -0.05) is 24.3 Å². The van der Waals surface area contributed by atoms with Crippen LogP contribution in [0, 0.1) is 0 Å². The van der Waals surface area contributed by atoms with Crippen LogP contribution in [-0.2, 0) is 11.2 Å². The number of thiophene rings is 1. The van der Waals surface area contributed by atoms with Crippen molar-refractivity contribution < 1.29 is 4.74 Å². The molecule has 100 valence electrons. The molecular formula is C15H16BrNOS.